The summed E-state index contributed by atoms with van der Waals surface area (Å²) in [6.45, 7) is 14.3. The van der Waals surface area contributed by atoms with Crippen molar-refractivity contribution < 1.29 is 89.3 Å². The Morgan fingerprint density at radius 2 is 1.29 bits per heavy atom. The molecule has 0 aromatic rings. The van der Waals surface area contributed by atoms with Crippen LogP contribution in [0.2, 0.25) is 0 Å². The van der Waals surface area contributed by atoms with Gasteiger partial charge in [0.1, 0.15) is 67.1 Å². The minimum absolute atomic E-state index is 0.0353. The van der Waals surface area contributed by atoms with Crippen molar-refractivity contribution >= 4 is 0 Å². The first-order valence-corrected chi connectivity index (χ1v) is 24.5. The number of aliphatic hydroxyl groups excluding tert-OH is 11. The summed E-state index contributed by atoms with van der Waals surface area (Å²) in [5.74, 6) is 0.278. The fourth-order valence-corrected chi connectivity index (χ4v) is 15.7. The van der Waals surface area contributed by atoms with Gasteiger partial charge >= 0.3 is 0 Å². The normalized spacial score (nSPS) is 58.8. The van der Waals surface area contributed by atoms with Gasteiger partial charge in [-0.25, -0.2) is 0 Å². The smallest absolute Gasteiger partial charge is 0.187 e. The van der Waals surface area contributed by atoms with E-state index in [1.807, 2.05) is 6.92 Å². The van der Waals surface area contributed by atoms with Gasteiger partial charge in [-0.15, -0.1) is 0 Å². The topological polar surface area (TPSA) is 287 Å². The highest BCUT2D eigenvalue weighted by Crippen LogP contribution is 2.79. The standard InChI is InChI=1S/C48H78O18/c1-22-30(52)32(54)35(57)40(62-22)66-38-23(18-49)63-39(37(59)34(38)56)60-19-24-31(53)33(55)36(58)41(64-24)65-29-10-11-43(4)25(44(29,5)20-50)8-12-45(6)26(43)9-13-48-27-16-42(2,3)14-15-47(27,21-61-48)28(51)17-46(45,48)7/h9,13,22-41,49-59H,8,10-12,14-21H2,1-7H3/t22?,23?,24?,25?,26?,27?,28?,29?,30?,31?,32?,33?,34?,35?,36?,37?,38?,39?,40?,41?,43?,44-,45?,46?,47?,48?/m0/s1. The molecule has 378 valence electrons. The van der Waals surface area contributed by atoms with Crippen molar-refractivity contribution in [2.45, 2.75) is 210 Å². The summed E-state index contributed by atoms with van der Waals surface area (Å²) < 4.78 is 42.5. The van der Waals surface area contributed by atoms with Crippen LogP contribution in [0.1, 0.15) is 99.8 Å². The van der Waals surface area contributed by atoms with Crippen LogP contribution in [0.15, 0.2) is 12.2 Å². The lowest BCUT2D eigenvalue weighted by Crippen LogP contribution is -2.72. The number of hydrogen-bond donors (Lipinski definition) is 11. The van der Waals surface area contributed by atoms with Crippen molar-refractivity contribution in [2.24, 2.45) is 50.2 Å². The molecule has 25 unspecified atom stereocenters. The van der Waals surface area contributed by atoms with Crippen molar-refractivity contribution in [3.63, 3.8) is 0 Å². The van der Waals surface area contributed by atoms with E-state index in [0.29, 0.717) is 19.4 Å². The molecule has 0 radical (unpaired) electrons. The van der Waals surface area contributed by atoms with E-state index in [1.54, 1.807) is 0 Å². The van der Waals surface area contributed by atoms with Crippen LogP contribution in [0.25, 0.3) is 0 Å². The molecule has 0 aromatic carbocycles. The molecule has 18 nitrogen and oxygen atoms in total. The second kappa shape index (κ2) is 17.1. The third-order valence-electron chi connectivity index (χ3n) is 20.0. The van der Waals surface area contributed by atoms with E-state index in [9.17, 15) is 56.2 Å². The van der Waals surface area contributed by atoms with Gasteiger partial charge in [0.15, 0.2) is 18.9 Å². The van der Waals surface area contributed by atoms with Gasteiger partial charge in [0.2, 0.25) is 0 Å². The number of fused-ring (bicyclic) bond motifs is 4. The van der Waals surface area contributed by atoms with Gasteiger partial charge in [-0.3, -0.25) is 0 Å². The molecule has 5 aliphatic carbocycles. The van der Waals surface area contributed by atoms with Crippen LogP contribution >= 0.6 is 0 Å². The quantitative estimate of drug-likeness (QED) is 0.104. The Hall–Kier alpha value is -0.980. The van der Waals surface area contributed by atoms with Crippen molar-refractivity contribution in [3.8, 4) is 0 Å². The molecule has 8 fully saturated rings. The highest BCUT2D eigenvalue weighted by atomic mass is 16.8. The zero-order valence-corrected chi connectivity index (χ0v) is 39.5. The summed E-state index contributed by atoms with van der Waals surface area (Å²) in [6, 6.07) is 0. The Balaban J connectivity index is 0.888. The van der Waals surface area contributed by atoms with Crippen LogP contribution in [-0.4, -0.2) is 193 Å². The Bertz CT molecular complexity index is 1800. The first-order valence-electron chi connectivity index (χ1n) is 24.5. The van der Waals surface area contributed by atoms with E-state index in [2.05, 4.69) is 46.8 Å². The predicted octanol–water partition coefficient (Wildman–Crippen LogP) is -0.399. The molecule has 4 aliphatic heterocycles. The fraction of sp³-hybridized carbons (Fsp3) is 0.958. The van der Waals surface area contributed by atoms with Crippen LogP contribution in [0.5, 0.6) is 0 Å². The molecule has 0 aromatic heterocycles. The Morgan fingerprint density at radius 1 is 0.636 bits per heavy atom. The van der Waals surface area contributed by atoms with Crippen LogP contribution < -0.4 is 0 Å². The maximum Gasteiger partial charge on any atom is 0.187 e. The van der Waals surface area contributed by atoms with Crippen molar-refractivity contribution in [1.82, 2.24) is 0 Å². The lowest BCUT2D eigenvalue weighted by Gasteiger charge is -2.73. The summed E-state index contributed by atoms with van der Waals surface area (Å²) in [5, 5.41) is 120. The van der Waals surface area contributed by atoms with Gasteiger partial charge in [-0.2, -0.15) is 0 Å². The van der Waals surface area contributed by atoms with Gasteiger partial charge in [-0.05, 0) is 86.4 Å². The number of ether oxygens (including phenoxy) is 7. The molecule has 0 amide bonds. The van der Waals surface area contributed by atoms with Crippen molar-refractivity contribution in [3.05, 3.63) is 12.2 Å². The Labute approximate surface area is 387 Å². The summed E-state index contributed by atoms with van der Waals surface area (Å²) in [5.41, 5.74) is -2.27. The van der Waals surface area contributed by atoms with Crippen molar-refractivity contribution in [1.29, 1.82) is 0 Å². The minimum Gasteiger partial charge on any atom is -0.396 e. The van der Waals surface area contributed by atoms with Crippen LogP contribution in [0, 0.1) is 50.2 Å². The lowest BCUT2D eigenvalue weighted by molar-refractivity contribution is -0.365. The number of hydrogen-bond acceptors (Lipinski definition) is 18. The second-order valence-corrected chi connectivity index (χ2v) is 23.8. The molecule has 11 N–H and O–H groups in total. The largest absolute Gasteiger partial charge is 0.396 e. The SMILES string of the molecule is CC1OC(OC2C(CO)OC(OCC3OC(OC4CCC5(C)C6C=CC78OCC9(CCC(C)(C)CC97)C(O)CC8(C)C6(C)CCC5[C@]4(C)CO)C(O)C(O)C3O)C(O)C2O)C(O)C(O)C1O. The van der Waals surface area contributed by atoms with Crippen LogP contribution in [0.3, 0.4) is 0 Å². The first kappa shape index (κ1) is 50.0. The molecule has 4 saturated carbocycles. The van der Waals surface area contributed by atoms with Gasteiger partial charge in [0.05, 0.1) is 50.3 Å². The average molecular weight is 943 g/mol. The average Bonchev–Trinajstić information content (AvgIpc) is 3.55. The van der Waals surface area contributed by atoms with Gasteiger partial charge in [-0.1, -0.05) is 53.7 Å². The fourth-order valence-electron chi connectivity index (χ4n) is 15.7. The molecule has 26 atom stereocenters. The highest BCUT2D eigenvalue weighted by Gasteiger charge is 2.79. The molecule has 1 spiro atoms. The molecular formula is C48H78O18. The number of aliphatic hydroxyl groups is 11. The minimum atomic E-state index is -1.82. The first-order chi connectivity index (χ1) is 30.9. The van der Waals surface area contributed by atoms with Crippen LogP contribution in [-0.2, 0) is 33.2 Å². The van der Waals surface area contributed by atoms with E-state index in [1.165, 1.54) is 6.92 Å². The summed E-state index contributed by atoms with van der Waals surface area (Å²) in [4.78, 5) is 0. The Kier molecular flexibility index (Phi) is 12.9. The van der Waals surface area contributed by atoms with Gasteiger partial charge in [0.25, 0.3) is 0 Å². The van der Waals surface area contributed by atoms with E-state index in [0.717, 1.165) is 38.5 Å². The lowest BCUT2D eigenvalue weighted by atomic mass is 9.32. The van der Waals surface area contributed by atoms with Gasteiger partial charge in [0, 0.05) is 22.2 Å². The predicted molar refractivity (Wildman–Crippen MR) is 229 cm³/mol. The number of allylic oxidation sites excluding steroid dienone is 1. The van der Waals surface area contributed by atoms with E-state index in [-0.39, 0.29) is 51.4 Å². The highest BCUT2D eigenvalue weighted by molar-refractivity contribution is 5.36. The maximum atomic E-state index is 12.2. The summed E-state index contributed by atoms with van der Waals surface area (Å²) in [7, 11) is 0. The molecule has 66 heavy (non-hydrogen) atoms. The maximum absolute atomic E-state index is 12.2. The molecular weight excluding hydrogens is 865 g/mol. The zero-order chi connectivity index (χ0) is 47.9. The zero-order valence-electron chi connectivity index (χ0n) is 39.5. The van der Waals surface area contributed by atoms with Gasteiger partial charge < -0.3 is 89.3 Å². The molecule has 4 heterocycles. The van der Waals surface area contributed by atoms with Crippen molar-refractivity contribution in [2.75, 3.05) is 26.4 Å². The summed E-state index contributed by atoms with van der Waals surface area (Å²) >= 11 is 0. The molecule has 18 heteroatoms. The second-order valence-electron chi connectivity index (χ2n) is 23.8. The molecule has 2 bridgehead atoms. The third-order valence-corrected chi connectivity index (χ3v) is 20.0. The number of rotatable bonds is 9. The molecule has 9 aliphatic rings. The molecule has 9 rings (SSSR count). The summed E-state index contributed by atoms with van der Waals surface area (Å²) in [6.07, 6.45) is -13.1. The van der Waals surface area contributed by atoms with E-state index in [4.69, 9.17) is 33.2 Å². The van der Waals surface area contributed by atoms with E-state index < -0.39 is 129 Å². The van der Waals surface area contributed by atoms with Crippen LogP contribution in [0.4, 0.5) is 0 Å². The monoisotopic (exact) mass is 943 g/mol. The van der Waals surface area contributed by atoms with E-state index >= 15 is 0 Å². The molecule has 4 saturated heterocycles. The Morgan fingerprint density at radius 3 is 1.97 bits per heavy atom. The third kappa shape index (κ3) is 7.08.